The topological polar surface area (TPSA) is 36.4 Å². The molecule has 2 saturated carbocycles. The van der Waals surface area contributed by atoms with Crippen molar-refractivity contribution < 1.29 is 4.79 Å². The molecule has 3 atom stereocenters. The van der Waals surface area contributed by atoms with Crippen molar-refractivity contribution in [3.05, 3.63) is 29.3 Å². The van der Waals surface area contributed by atoms with Gasteiger partial charge < -0.3 is 4.90 Å². The highest BCUT2D eigenvalue weighted by Gasteiger charge is 2.40. The Morgan fingerprint density at radius 2 is 1.96 bits per heavy atom. The van der Waals surface area contributed by atoms with Gasteiger partial charge in [-0.05, 0) is 49.1 Å². The third-order valence-electron chi connectivity index (χ3n) is 6.74. The number of hydrogen-bond acceptors (Lipinski definition) is 4. The zero-order valence-electron chi connectivity index (χ0n) is 15.3. The van der Waals surface area contributed by atoms with Crippen LogP contribution in [0.15, 0.2) is 24.3 Å². The van der Waals surface area contributed by atoms with E-state index in [1.165, 1.54) is 35.4 Å². The number of rotatable bonds is 4. The van der Waals surface area contributed by atoms with Crippen molar-refractivity contribution in [1.29, 1.82) is 0 Å². The van der Waals surface area contributed by atoms with Crippen LogP contribution in [0.4, 0.5) is 0 Å². The SMILES string of the molecule is O=C(C[C@H]1C[C@@H]2CC[C@@H]1C2)N1CCN(Cc2nc3ccccc3s2)CC1. The quantitative estimate of drug-likeness (QED) is 0.823. The Hall–Kier alpha value is -1.46. The number of amides is 1. The molecule has 5 rings (SSSR count). The maximum atomic E-state index is 12.7. The number of carbonyl (C=O) groups excluding carboxylic acids is 1. The van der Waals surface area contributed by atoms with Gasteiger partial charge in [-0.25, -0.2) is 4.98 Å². The first kappa shape index (κ1) is 16.7. The highest BCUT2D eigenvalue weighted by Crippen LogP contribution is 2.49. The molecule has 2 bridgehead atoms. The maximum absolute atomic E-state index is 12.7. The Kier molecular flexibility index (Phi) is 4.45. The lowest BCUT2D eigenvalue weighted by Crippen LogP contribution is -2.48. The van der Waals surface area contributed by atoms with Gasteiger partial charge in [0, 0.05) is 32.6 Å². The Balaban J connectivity index is 1.13. The fourth-order valence-corrected chi connectivity index (χ4v) is 6.32. The summed E-state index contributed by atoms with van der Waals surface area (Å²) in [6, 6.07) is 8.35. The zero-order valence-corrected chi connectivity index (χ0v) is 16.1. The van der Waals surface area contributed by atoms with E-state index in [4.69, 9.17) is 4.98 Å². The van der Waals surface area contributed by atoms with Crippen LogP contribution in [-0.4, -0.2) is 46.9 Å². The minimum Gasteiger partial charge on any atom is -0.340 e. The number of thiazole rings is 1. The van der Waals surface area contributed by atoms with Crippen molar-refractivity contribution >= 4 is 27.5 Å². The average molecular weight is 370 g/mol. The summed E-state index contributed by atoms with van der Waals surface area (Å²) in [5.74, 6) is 2.87. The first-order valence-electron chi connectivity index (χ1n) is 10.1. The first-order valence-corrected chi connectivity index (χ1v) is 10.9. The summed E-state index contributed by atoms with van der Waals surface area (Å²) in [6.45, 7) is 4.61. The second-order valence-corrected chi connectivity index (χ2v) is 9.49. The third-order valence-corrected chi connectivity index (χ3v) is 7.76. The Morgan fingerprint density at radius 3 is 2.69 bits per heavy atom. The number of piperazine rings is 1. The van der Waals surface area contributed by atoms with E-state index in [1.807, 2.05) is 6.07 Å². The summed E-state index contributed by atoms with van der Waals surface area (Å²) < 4.78 is 1.27. The number of aromatic nitrogens is 1. The van der Waals surface area contributed by atoms with Crippen LogP contribution in [0, 0.1) is 17.8 Å². The lowest BCUT2D eigenvalue weighted by Gasteiger charge is -2.35. The molecule has 0 unspecified atom stereocenters. The number of benzene rings is 1. The number of para-hydroxylation sites is 1. The molecule has 0 spiro atoms. The van der Waals surface area contributed by atoms with Crippen molar-refractivity contribution in [2.24, 2.45) is 17.8 Å². The molecular formula is C21H27N3OS. The zero-order chi connectivity index (χ0) is 17.5. The minimum absolute atomic E-state index is 0.405. The first-order chi connectivity index (χ1) is 12.7. The highest BCUT2D eigenvalue weighted by atomic mass is 32.1. The number of hydrogen-bond donors (Lipinski definition) is 0. The van der Waals surface area contributed by atoms with Gasteiger partial charge in [0.1, 0.15) is 5.01 Å². The third kappa shape index (κ3) is 3.27. The van der Waals surface area contributed by atoms with E-state index in [0.717, 1.165) is 56.5 Å². The fourth-order valence-electron chi connectivity index (χ4n) is 5.31. The predicted molar refractivity (Wildman–Crippen MR) is 105 cm³/mol. The fraction of sp³-hybridized carbons (Fsp3) is 0.619. The van der Waals surface area contributed by atoms with E-state index in [-0.39, 0.29) is 0 Å². The second-order valence-electron chi connectivity index (χ2n) is 8.37. The normalized spacial score (nSPS) is 28.9. The summed E-state index contributed by atoms with van der Waals surface area (Å²) in [7, 11) is 0. The van der Waals surface area contributed by atoms with Gasteiger partial charge in [-0.1, -0.05) is 18.6 Å². The maximum Gasteiger partial charge on any atom is 0.222 e. The van der Waals surface area contributed by atoms with E-state index in [1.54, 1.807) is 11.3 Å². The van der Waals surface area contributed by atoms with Gasteiger partial charge in [-0.15, -0.1) is 11.3 Å². The summed E-state index contributed by atoms with van der Waals surface area (Å²) in [5, 5.41) is 1.19. The average Bonchev–Trinajstić information content (AvgIpc) is 3.36. The van der Waals surface area contributed by atoms with E-state index in [2.05, 4.69) is 28.0 Å². The summed E-state index contributed by atoms with van der Waals surface area (Å²) >= 11 is 1.79. The molecule has 138 valence electrons. The van der Waals surface area contributed by atoms with Crippen LogP contribution in [0.25, 0.3) is 10.2 Å². The van der Waals surface area contributed by atoms with E-state index < -0.39 is 0 Å². The molecule has 1 aliphatic heterocycles. The van der Waals surface area contributed by atoms with Crippen LogP contribution in [-0.2, 0) is 11.3 Å². The molecule has 1 aromatic carbocycles. The van der Waals surface area contributed by atoms with Crippen molar-refractivity contribution in [3.8, 4) is 0 Å². The Morgan fingerprint density at radius 1 is 1.12 bits per heavy atom. The molecule has 2 aromatic rings. The summed E-state index contributed by atoms with van der Waals surface area (Å²) in [4.78, 5) is 22.0. The number of fused-ring (bicyclic) bond motifs is 3. The molecule has 1 amide bonds. The van der Waals surface area contributed by atoms with E-state index >= 15 is 0 Å². The van der Waals surface area contributed by atoms with Crippen LogP contribution >= 0.6 is 11.3 Å². The minimum atomic E-state index is 0.405. The van der Waals surface area contributed by atoms with Crippen molar-refractivity contribution in [2.45, 2.75) is 38.6 Å². The van der Waals surface area contributed by atoms with Crippen molar-refractivity contribution in [1.82, 2.24) is 14.8 Å². The Bertz CT molecular complexity index is 762. The molecule has 26 heavy (non-hydrogen) atoms. The molecule has 2 heterocycles. The van der Waals surface area contributed by atoms with Crippen molar-refractivity contribution in [3.63, 3.8) is 0 Å². The monoisotopic (exact) mass is 369 g/mol. The molecule has 0 N–H and O–H groups in total. The summed E-state index contributed by atoms with van der Waals surface area (Å²) in [5.41, 5.74) is 1.10. The number of carbonyl (C=O) groups is 1. The molecule has 1 aromatic heterocycles. The van der Waals surface area contributed by atoms with E-state index in [9.17, 15) is 4.79 Å². The second kappa shape index (κ2) is 6.93. The van der Waals surface area contributed by atoms with Gasteiger partial charge in [0.25, 0.3) is 0 Å². The smallest absolute Gasteiger partial charge is 0.222 e. The van der Waals surface area contributed by atoms with Crippen LogP contribution in [0.3, 0.4) is 0 Å². The van der Waals surface area contributed by atoms with Crippen molar-refractivity contribution in [2.75, 3.05) is 26.2 Å². The number of nitrogens with zero attached hydrogens (tertiary/aromatic N) is 3. The van der Waals surface area contributed by atoms with Gasteiger partial charge in [0.15, 0.2) is 0 Å². The van der Waals surface area contributed by atoms with Gasteiger partial charge in [0.2, 0.25) is 5.91 Å². The van der Waals surface area contributed by atoms with Gasteiger partial charge in [-0.2, -0.15) is 0 Å². The predicted octanol–water partition coefficient (Wildman–Crippen LogP) is 3.77. The Labute approximate surface area is 159 Å². The van der Waals surface area contributed by atoms with E-state index in [0.29, 0.717) is 11.8 Å². The van der Waals surface area contributed by atoms with Crippen LogP contribution in [0.5, 0.6) is 0 Å². The molecule has 3 aliphatic rings. The molecule has 4 nitrogen and oxygen atoms in total. The standard InChI is InChI=1S/C21H27N3OS/c25-21(13-17-12-15-5-6-16(17)11-15)24-9-7-23(8-10-24)14-20-22-18-3-1-2-4-19(18)26-20/h1-4,15-17H,5-14H2/t15-,16-,17-/m1/s1. The highest BCUT2D eigenvalue weighted by molar-refractivity contribution is 7.18. The molecule has 1 saturated heterocycles. The largest absolute Gasteiger partial charge is 0.340 e. The summed E-state index contributed by atoms with van der Waals surface area (Å²) in [6.07, 6.45) is 6.30. The molecular weight excluding hydrogens is 342 g/mol. The molecule has 2 aliphatic carbocycles. The van der Waals surface area contributed by atoms with Crippen LogP contribution in [0.1, 0.15) is 37.1 Å². The lowest BCUT2D eigenvalue weighted by molar-refractivity contribution is -0.134. The van der Waals surface area contributed by atoms with Crippen LogP contribution < -0.4 is 0 Å². The van der Waals surface area contributed by atoms with Gasteiger partial charge >= 0.3 is 0 Å². The van der Waals surface area contributed by atoms with Crippen LogP contribution in [0.2, 0.25) is 0 Å². The van der Waals surface area contributed by atoms with Gasteiger partial charge in [0.05, 0.1) is 16.8 Å². The molecule has 3 fully saturated rings. The molecule has 5 heteroatoms. The lowest BCUT2D eigenvalue weighted by atomic mass is 9.86. The van der Waals surface area contributed by atoms with Gasteiger partial charge in [-0.3, -0.25) is 9.69 Å². The molecule has 0 radical (unpaired) electrons.